The normalized spacial score (nSPS) is 12.1. The Labute approximate surface area is 140 Å². The molecule has 23 heavy (non-hydrogen) atoms. The Morgan fingerprint density at radius 1 is 1.22 bits per heavy atom. The summed E-state index contributed by atoms with van der Waals surface area (Å²) in [6.45, 7) is 3.09. The van der Waals surface area contributed by atoms with Crippen molar-refractivity contribution < 1.29 is 9.53 Å². The number of carbonyl (C=O) groups is 1. The maximum atomic E-state index is 11.7. The lowest BCUT2D eigenvalue weighted by Gasteiger charge is -2.16. The highest BCUT2D eigenvalue weighted by Crippen LogP contribution is 2.21. The number of esters is 1. The molecular weight excluding hydrogens is 288 g/mol. The van der Waals surface area contributed by atoms with E-state index in [9.17, 15) is 4.79 Å². The molecule has 0 saturated carbocycles. The number of hydrogen-bond acceptors (Lipinski definition) is 4. The summed E-state index contributed by atoms with van der Waals surface area (Å²) in [6.07, 6.45) is 13.2. The van der Waals surface area contributed by atoms with Crippen molar-refractivity contribution in [3.63, 3.8) is 0 Å². The first-order chi connectivity index (χ1) is 11.3. The molecule has 0 spiro atoms. The molecule has 2 N–H and O–H groups in total. The van der Waals surface area contributed by atoms with Gasteiger partial charge < -0.3 is 10.5 Å². The zero-order valence-corrected chi connectivity index (χ0v) is 14.5. The topological polar surface area (TPSA) is 65.2 Å². The molecule has 4 nitrogen and oxygen atoms in total. The number of nitrogens with two attached hydrogens (primary N) is 1. The summed E-state index contributed by atoms with van der Waals surface area (Å²) in [5.74, 6) is 0.393. The maximum Gasteiger partial charge on any atom is 0.306 e. The highest BCUT2D eigenvalue weighted by molar-refractivity contribution is 5.69. The van der Waals surface area contributed by atoms with E-state index in [0.717, 1.165) is 57.9 Å². The zero-order valence-electron chi connectivity index (χ0n) is 14.5. The van der Waals surface area contributed by atoms with Gasteiger partial charge in [-0.15, -0.1) is 0 Å². The second-order valence-electron chi connectivity index (χ2n) is 6.12. The van der Waals surface area contributed by atoms with E-state index < -0.39 is 0 Å². The summed E-state index contributed by atoms with van der Waals surface area (Å²) < 4.78 is 5.11. The second kappa shape index (κ2) is 13.1. The molecule has 0 aromatic carbocycles. The van der Waals surface area contributed by atoms with Crippen molar-refractivity contribution in [1.82, 2.24) is 4.98 Å². The van der Waals surface area contributed by atoms with E-state index in [4.69, 9.17) is 10.5 Å². The highest BCUT2D eigenvalue weighted by atomic mass is 16.5. The predicted molar refractivity (Wildman–Crippen MR) is 94.1 cm³/mol. The third-order valence-corrected chi connectivity index (χ3v) is 4.13. The Balaban J connectivity index is 2.27. The van der Waals surface area contributed by atoms with Crippen LogP contribution in [0, 0.1) is 5.92 Å². The van der Waals surface area contributed by atoms with Crippen LogP contribution in [0.2, 0.25) is 0 Å². The SMILES string of the molecule is CCOC(=O)C[C@@H](CCCCCN)CCCCc1cccnc1. The Morgan fingerprint density at radius 2 is 2.00 bits per heavy atom. The first-order valence-electron chi connectivity index (χ1n) is 9.00. The summed E-state index contributed by atoms with van der Waals surface area (Å²) in [5.41, 5.74) is 6.83. The van der Waals surface area contributed by atoms with Gasteiger partial charge in [-0.1, -0.05) is 25.3 Å². The van der Waals surface area contributed by atoms with E-state index in [2.05, 4.69) is 11.1 Å². The molecule has 4 heteroatoms. The van der Waals surface area contributed by atoms with Crippen LogP contribution in [0.1, 0.15) is 63.9 Å². The van der Waals surface area contributed by atoms with E-state index in [1.165, 1.54) is 5.56 Å². The van der Waals surface area contributed by atoms with Crippen LogP contribution in [-0.4, -0.2) is 24.1 Å². The van der Waals surface area contributed by atoms with E-state index in [1.54, 1.807) is 6.20 Å². The Hall–Kier alpha value is -1.42. The van der Waals surface area contributed by atoms with Gasteiger partial charge in [0.25, 0.3) is 0 Å². The van der Waals surface area contributed by atoms with Gasteiger partial charge in [-0.25, -0.2) is 0 Å². The molecule has 0 aliphatic rings. The molecule has 1 atom stereocenters. The van der Waals surface area contributed by atoms with Crippen molar-refractivity contribution in [3.8, 4) is 0 Å². The van der Waals surface area contributed by atoms with Gasteiger partial charge in [0.05, 0.1) is 6.61 Å². The number of carbonyl (C=O) groups excluding carboxylic acids is 1. The molecule has 0 saturated heterocycles. The molecule has 0 aliphatic carbocycles. The monoisotopic (exact) mass is 320 g/mol. The summed E-state index contributed by atoms with van der Waals surface area (Å²) in [6, 6.07) is 4.10. The molecule has 1 aromatic rings. The predicted octanol–water partition coefficient (Wildman–Crippen LogP) is 3.88. The van der Waals surface area contributed by atoms with Crippen molar-refractivity contribution in [1.29, 1.82) is 0 Å². The van der Waals surface area contributed by atoms with Crippen LogP contribution in [0.5, 0.6) is 0 Å². The quantitative estimate of drug-likeness (QED) is 0.442. The summed E-state index contributed by atoms with van der Waals surface area (Å²) >= 11 is 0. The second-order valence-corrected chi connectivity index (χ2v) is 6.12. The van der Waals surface area contributed by atoms with Crippen molar-refractivity contribution in [2.45, 2.75) is 64.7 Å². The zero-order chi connectivity index (χ0) is 16.8. The molecule has 0 amide bonds. The van der Waals surface area contributed by atoms with Crippen LogP contribution in [0.3, 0.4) is 0 Å². The van der Waals surface area contributed by atoms with Gasteiger partial charge in [-0.3, -0.25) is 9.78 Å². The highest BCUT2D eigenvalue weighted by Gasteiger charge is 2.14. The Kier molecular flexibility index (Phi) is 11.1. The summed E-state index contributed by atoms with van der Waals surface area (Å²) in [7, 11) is 0. The number of unbranched alkanes of at least 4 members (excludes halogenated alkanes) is 3. The molecular formula is C19H32N2O2. The fourth-order valence-electron chi connectivity index (χ4n) is 2.87. The minimum Gasteiger partial charge on any atom is -0.466 e. The van der Waals surface area contributed by atoms with E-state index in [1.807, 2.05) is 19.2 Å². The lowest BCUT2D eigenvalue weighted by Crippen LogP contribution is -2.12. The standard InChI is InChI=1S/C19H32N2O2/c1-2-23-19(22)15-17(9-4-3-7-13-20)10-5-6-11-18-12-8-14-21-16-18/h8,12,14,16-17H,2-7,9-11,13,15,20H2,1H3/t17-/m0/s1. The summed E-state index contributed by atoms with van der Waals surface area (Å²) in [5, 5.41) is 0. The van der Waals surface area contributed by atoms with Crippen LogP contribution in [0.4, 0.5) is 0 Å². The number of ether oxygens (including phenoxy) is 1. The first kappa shape index (κ1) is 19.6. The van der Waals surface area contributed by atoms with Crippen LogP contribution in [0.15, 0.2) is 24.5 Å². The fourth-order valence-corrected chi connectivity index (χ4v) is 2.87. The molecule has 0 unspecified atom stereocenters. The maximum absolute atomic E-state index is 11.7. The van der Waals surface area contributed by atoms with Gasteiger partial charge in [0.15, 0.2) is 0 Å². The van der Waals surface area contributed by atoms with Crippen molar-refractivity contribution in [3.05, 3.63) is 30.1 Å². The summed E-state index contributed by atoms with van der Waals surface area (Å²) in [4.78, 5) is 15.9. The van der Waals surface area contributed by atoms with Crippen LogP contribution < -0.4 is 5.73 Å². The van der Waals surface area contributed by atoms with Crippen LogP contribution >= 0.6 is 0 Å². The lowest BCUT2D eigenvalue weighted by molar-refractivity contribution is -0.144. The molecule has 0 aliphatic heterocycles. The number of rotatable bonds is 13. The van der Waals surface area contributed by atoms with E-state index in [0.29, 0.717) is 18.9 Å². The number of aryl methyl sites for hydroxylation is 1. The van der Waals surface area contributed by atoms with E-state index >= 15 is 0 Å². The largest absolute Gasteiger partial charge is 0.466 e. The molecule has 130 valence electrons. The average Bonchev–Trinajstić information content (AvgIpc) is 2.56. The van der Waals surface area contributed by atoms with Gasteiger partial charge in [0.2, 0.25) is 0 Å². The number of aromatic nitrogens is 1. The van der Waals surface area contributed by atoms with Crippen molar-refractivity contribution >= 4 is 5.97 Å². The minimum atomic E-state index is -0.0522. The molecule has 1 rings (SSSR count). The van der Waals surface area contributed by atoms with Crippen molar-refractivity contribution in [2.75, 3.05) is 13.2 Å². The van der Waals surface area contributed by atoms with Gasteiger partial charge in [-0.2, -0.15) is 0 Å². The Bertz CT molecular complexity index is 409. The van der Waals surface area contributed by atoms with Crippen LogP contribution in [0.25, 0.3) is 0 Å². The van der Waals surface area contributed by atoms with Gasteiger partial charge >= 0.3 is 5.97 Å². The molecule has 0 radical (unpaired) electrons. The smallest absolute Gasteiger partial charge is 0.306 e. The van der Waals surface area contributed by atoms with E-state index in [-0.39, 0.29) is 5.97 Å². The first-order valence-corrected chi connectivity index (χ1v) is 9.00. The van der Waals surface area contributed by atoms with Crippen LogP contribution in [-0.2, 0) is 16.0 Å². The fraction of sp³-hybridized carbons (Fsp3) is 0.684. The molecule has 1 aromatic heterocycles. The van der Waals surface area contributed by atoms with Gasteiger partial charge in [0.1, 0.15) is 0 Å². The number of hydrogen-bond donors (Lipinski definition) is 1. The minimum absolute atomic E-state index is 0.0522. The molecule has 1 heterocycles. The van der Waals surface area contributed by atoms with Gasteiger partial charge in [-0.05, 0) is 63.1 Å². The number of pyridine rings is 1. The third kappa shape index (κ3) is 10.1. The molecule has 0 bridgehead atoms. The third-order valence-electron chi connectivity index (χ3n) is 4.13. The number of nitrogens with zero attached hydrogens (tertiary/aromatic N) is 1. The van der Waals surface area contributed by atoms with Gasteiger partial charge in [0, 0.05) is 18.8 Å². The average molecular weight is 320 g/mol. The lowest BCUT2D eigenvalue weighted by atomic mass is 9.91. The van der Waals surface area contributed by atoms with Crippen molar-refractivity contribution in [2.24, 2.45) is 11.7 Å². The molecule has 0 fully saturated rings. The Morgan fingerprint density at radius 3 is 2.65 bits per heavy atom.